The van der Waals surface area contributed by atoms with E-state index in [1.807, 2.05) is 21.1 Å². The molecule has 0 amide bonds. The number of carboxylic acid groups (broad SMARTS) is 1. The van der Waals surface area contributed by atoms with E-state index in [1.54, 1.807) is 0 Å². The lowest BCUT2D eigenvalue weighted by Gasteiger charge is -2.26. The average molecular weight is 1440 g/mol. The van der Waals surface area contributed by atoms with Crippen LogP contribution in [0.3, 0.4) is 0 Å². The molecule has 0 saturated heterocycles. The molecular formula is C94H163NO8. The Kier molecular flexibility index (Phi) is 79.4. The first-order valence-electron chi connectivity index (χ1n) is 43.3. The van der Waals surface area contributed by atoms with Crippen LogP contribution in [0.15, 0.2) is 134 Å². The molecule has 0 N–H and O–H groups in total. The van der Waals surface area contributed by atoms with E-state index in [2.05, 4.69) is 148 Å². The summed E-state index contributed by atoms with van der Waals surface area (Å²) in [4.78, 5) is 37.7. The lowest BCUT2D eigenvalue weighted by Crippen LogP contribution is -2.44. The van der Waals surface area contributed by atoms with Crippen LogP contribution >= 0.6 is 0 Å². The number of carboxylic acids is 1. The minimum Gasteiger partial charge on any atom is -0.545 e. The van der Waals surface area contributed by atoms with Crippen molar-refractivity contribution in [3.05, 3.63) is 134 Å². The minimum absolute atomic E-state index is 0.145. The number of nitrogens with zero attached hydrogens (tertiary/aromatic N) is 1. The van der Waals surface area contributed by atoms with Crippen LogP contribution in [0.2, 0.25) is 0 Å². The maximum Gasteiger partial charge on any atom is 0.306 e. The number of aliphatic carboxylic acids is 1. The zero-order valence-electron chi connectivity index (χ0n) is 67.9. The van der Waals surface area contributed by atoms with E-state index in [9.17, 15) is 19.5 Å². The second kappa shape index (κ2) is 83.1. The number of hydrogen-bond acceptors (Lipinski definition) is 8. The fraction of sp³-hybridized carbons (Fsp3) is 0.734. The summed E-state index contributed by atoms with van der Waals surface area (Å²) in [5.74, 6) is -2.27. The van der Waals surface area contributed by atoms with Crippen LogP contribution in [0.5, 0.6) is 0 Å². The van der Waals surface area contributed by atoms with Gasteiger partial charge >= 0.3 is 11.9 Å². The van der Waals surface area contributed by atoms with Crippen molar-refractivity contribution in [2.24, 2.45) is 0 Å². The summed E-state index contributed by atoms with van der Waals surface area (Å²) in [6.45, 7) is 4.66. The fourth-order valence-corrected chi connectivity index (χ4v) is 12.3. The molecule has 0 aliphatic heterocycles. The molecular weight excluding hydrogens is 1270 g/mol. The largest absolute Gasteiger partial charge is 0.545 e. The van der Waals surface area contributed by atoms with Crippen LogP contribution in [-0.2, 0) is 33.3 Å². The van der Waals surface area contributed by atoms with E-state index in [0.717, 1.165) is 103 Å². The molecule has 103 heavy (non-hydrogen) atoms. The molecule has 0 heterocycles. The Hall–Kier alpha value is -4.57. The normalized spacial score (nSPS) is 13.3. The average Bonchev–Trinajstić information content (AvgIpc) is 0.985. The Balaban J connectivity index is 3.99. The summed E-state index contributed by atoms with van der Waals surface area (Å²) in [5.41, 5.74) is 0. The first-order valence-corrected chi connectivity index (χ1v) is 43.3. The molecule has 0 bridgehead atoms. The minimum atomic E-state index is -1.63. The molecule has 0 radical (unpaired) electrons. The van der Waals surface area contributed by atoms with Gasteiger partial charge < -0.3 is 33.3 Å². The van der Waals surface area contributed by atoms with Gasteiger partial charge in [0.15, 0.2) is 12.4 Å². The van der Waals surface area contributed by atoms with Crippen LogP contribution in [0, 0.1) is 0 Å². The highest BCUT2D eigenvalue weighted by Crippen LogP contribution is 2.19. The molecule has 0 fully saturated rings. The summed E-state index contributed by atoms with van der Waals surface area (Å²) < 4.78 is 22.9. The first-order chi connectivity index (χ1) is 50.6. The molecule has 0 saturated carbocycles. The third-order valence-electron chi connectivity index (χ3n) is 18.9. The van der Waals surface area contributed by atoms with Crippen molar-refractivity contribution in [1.82, 2.24) is 0 Å². The predicted octanol–water partition coefficient (Wildman–Crippen LogP) is 27.0. The van der Waals surface area contributed by atoms with Crippen molar-refractivity contribution in [3.63, 3.8) is 0 Å². The van der Waals surface area contributed by atoms with E-state index >= 15 is 0 Å². The summed E-state index contributed by atoms with van der Waals surface area (Å²) in [6.07, 6.45) is 117. The van der Waals surface area contributed by atoms with Crippen molar-refractivity contribution < 1.29 is 42.9 Å². The predicted molar refractivity (Wildman–Crippen MR) is 444 cm³/mol. The molecule has 592 valence electrons. The fourth-order valence-electron chi connectivity index (χ4n) is 12.3. The number of rotatable bonds is 80. The van der Waals surface area contributed by atoms with Gasteiger partial charge in [-0.3, -0.25) is 9.59 Å². The van der Waals surface area contributed by atoms with E-state index < -0.39 is 24.3 Å². The Bertz CT molecular complexity index is 2170. The quantitative estimate of drug-likeness (QED) is 0.0195. The number of quaternary nitrogens is 1. The third kappa shape index (κ3) is 84.6. The van der Waals surface area contributed by atoms with Gasteiger partial charge in [0.25, 0.3) is 0 Å². The lowest BCUT2D eigenvalue weighted by atomic mass is 10.0. The smallest absolute Gasteiger partial charge is 0.306 e. The molecule has 0 aromatic rings. The van der Waals surface area contributed by atoms with Gasteiger partial charge in [0.2, 0.25) is 0 Å². The van der Waals surface area contributed by atoms with Crippen LogP contribution in [-0.4, -0.2) is 82.3 Å². The van der Waals surface area contributed by atoms with Gasteiger partial charge in [-0.1, -0.05) is 392 Å². The maximum absolute atomic E-state index is 13.0. The zero-order chi connectivity index (χ0) is 74.6. The molecule has 0 spiro atoms. The van der Waals surface area contributed by atoms with Crippen molar-refractivity contribution in [2.45, 2.75) is 399 Å². The Morgan fingerprint density at radius 3 is 0.825 bits per heavy atom. The molecule has 0 aromatic carbocycles. The second-order valence-electron chi connectivity index (χ2n) is 30.1. The molecule has 9 heteroatoms. The van der Waals surface area contributed by atoms with Gasteiger partial charge in [-0.2, -0.15) is 0 Å². The number of carbonyl (C=O) groups is 3. The summed E-state index contributed by atoms with van der Waals surface area (Å²) in [7, 11) is 5.94. The molecule has 2 atom stereocenters. The van der Waals surface area contributed by atoms with E-state index in [0.29, 0.717) is 23.9 Å². The molecule has 0 aliphatic rings. The van der Waals surface area contributed by atoms with E-state index in [-0.39, 0.29) is 32.2 Å². The third-order valence-corrected chi connectivity index (χ3v) is 18.9. The van der Waals surface area contributed by atoms with Gasteiger partial charge in [0, 0.05) is 12.8 Å². The summed E-state index contributed by atoms with van der Waals surface area (Å²) in [5, 5.41) is 11.9. The van der Waals surface area contributed by atoms with Crippen molar-refractivity contribution in [3.8, 4) is 0 Å². The summed E-state index contributed by atoms with van der Waals surface area (Å²) >= 11 is 0. The number of carbonyl (C=O) groups excluding carboxylic acids is 3. The number of unbranched alkanes of at least 4 members (excludes halogenated alkanes) is 43. The molecule has 0 aromatic heterocycles. The van der Waals surface area contributed by atoms with E-state index in [4.69, 9.17) is 18.9 Å². The number of allylic oxidation sites excluding steroid dienone is 22. The Morgan fingerprint density at radius 2 is 0.553 bits per heavy atom. The highest BCUT2D eigenvalue weighted by molar-refractivity contribution is 5.70. The highest BCUT2D eigenvalue weighted by atomic mass is 16.7. The second-order valence-corrected chi connectivity index (χ2v) is 30.1. The molecule has 9 nitrogen and oxygen atoms in total. The van der Waals surface area contributed by atoms with Crippen LogP contribution in [0.4, 0.5) is 0 Å². The molecule has 2 unspecified atom stereocenters. The van der Waals surface area contributed by atoms with Gasteiger partial charge in [0.05, 0.1) is 40.3 Å². The van der Waals surface area contributed by atoms with Crippen LogP contribution in [0.1, 0.15) is 386 Å². The Morgan fingerprint density at radius 1 is 0.301 bits per heavy atom. The zero-order valence-corrected chi connectivity index (χ0v) is 67.9. The van der Waals surface area contributed by atoms with Gasteiger partial charge in [-0.05, 0) is 116 Å². The van der Waals surface area contributed by atoms with Crippen LogP contribution < -0.4 is 5.11 Å². The number of hydrogen-bond donors (Lipinski definition) is 0. The highest BCUT2D eigenvalue weighted by Gasteiger charge is 2.22. The standard InChI is InChI=1S/C94H163NO8/c1-6-8-10-12-14-16-18-20-22-24-26-28-30-32-34-36-38-40-42-44-46-48-50-52-54-56-58-60-62-64-66-68-70-72-74-76-78-80-82-84-91(96)101-88-90(89-102-94(93(98)99)100-87-86-95(3,4)5)103-92(97)85-83-81-79-77-75-73-71-69-67-65-63-61-59-57-55-53-51-49-47-45-43-41-39-37-35-33-31-29-27-25-23-21-19-17-15-13-11-9-7-2/h9,11,15,17-18,20-21,23-24,26-27,29-30,32-33,35,39,41,45,47,51,53,90,94H,6-8,10,12-14,16,19,22,25,28,31,34,36-38,40,42-44,46,48-50,52,54-89H2,1-5H3/b11-9-,17-15-,20-18-,23-21-,26-24-,29-27-,32-30-,35-33-,41-39-,47-45-,53-51-. The first kappa shape index (κ1) is 98.4. The molecule has 0 aliphatic carbocycles. The topological polar surface area (TPSA) is 111 Å². The van der Waals surface area contributed by atoms with Gasteiger partial charge in [-0.25, -0.2) is 0 Å². The van der Waals surface area contributed by atoms with Crippen molar-refractivity contribution >= 4 is 17.9 Å². The van der Waals surface area contributed by atoms with Crippen LogP contribution in [0.25, 0.3) is 0 Å². The SMILES string of the molecule is CC/C=C\C/C=C\C/C=C\C/C=C\C/C=C\C/C=C\C/C=C\C/C=C\CCCCCCCCCCCCCCCCC(=O)OC(COC(=O)CCCCCCCCCCCCCCCCCCCCCCCCCC/C=C\C/C=C\C/C=C\CCCCCCC)COC(OCC[N+](C)(C)C)C(=O)[O-]. The van der Waals surface area contributed by atoms with Gasteiger partial charge in [-0.15, -0.1) is 0 Å². The van der Waals surface area contributed by atoms with E-state index in [1.165, 1.54) is 250 Å². The monoisotopic (exact) mass is 1430 g/mol. The number of likely N-dealkylation sites (N-methyl/N-ethyl adjacent to an activating group) is 1. The van der Waals surface area contributed by atoms with Crippen molar-refractivity contribution in [2.75, 3.05) is 47.5 Å². The van der Waals surface area contributed by atoms with Gasteiger partial charge in [0.1, 0.15) is 13.2 Å². The number of esters is 2. The Labute approximate surface area is 637 Å². The molecule has 0 rings (SSSR count). The maximum atomic E-state index is 13.0. The summed E-state index contributed by atoms with van der Waals surface area (Å²) in [6, 6.07) is 0. The van der Waals surface area contributed by atoms with Crippen molar-refractivity contribution in [1.29, 1.82) is 0 Å². The number of ether oxygens (including phenoxy) is 4. The lowest BCUT2D eigenvalue weighted by molar-refractivity contribution is -0.870.